The van der Waals surface area contributed by atoms with Crippen molar-refractivity contribution < 1.29 is 14.3 Å². The first-order valence-corrected chi connectivity index (χ1v) is 7.02. The molecule has 0 radical (unpaired) electrons. The van der Waals surface area contributed by atoms with Crippen LogP contribution in [0.3, 0.4) is 0 Å². The summed E-state index contributed by atoms with van der Waals surface area (Å²) in [5.74, 6) is 0.787. The van der Waals surface area contributed by atoms with E-state index in [1.54, 1.807) is 32.4 Å². The highest BCUT2D eigenvalue weighted by Gasteiger charge is 2.22. The molecule has 0 aliphatic rings. The van der Waals surface area contributed by atoms with E-state index in [1.165, 1.54) is 0 Å². The molecule has 2 rings (SSSR count). The van der Waals surface area contributed by atoms with Crippen LogP contribution < -0.4 is 14.8 Å². The molecule has 118 valence electrons. The number of benzene rings is 1. The number of aromatic nitrogens is 2. The lowest BCUT2D eigenvalue weighted by molar-refractivity contribution is -0.117. The highest BCUT2D eigenvalue weighted by Crippen LogP contribution is 2.30. The summed E-state index contributed by atoms with van der Waals surface area (Å²) in [5.41, 5.74) is 3.23. The van der Waals surface area contributed by atoms with Crippen LogP contribution in [0.2, 0.25) is 0 Å². The minimum atomic E-state index is -0.324. The normalized spacial score (nSPS) is 11.9. The van der Waals surface area contributed by atoms with Crippen molar-refractivity contribution in [2.75, 3.05) is 19.5 Å². The number of carbonyl (C=O) groups is 1. The molecule has 2 aromatic rings. The maximum atomic E-state index is 12.5. The molecule has 0 bridgehead atoms. The van der Waals surface area contributed by atoms with Crippen molar-refractivity contribution >= 4 is 11.6 Å². The van der Waals surface area contributed by atoms with Crippen LogP contribution in [-0.2, 0) is 4.79 Å². The molecule has 2 N–H and O–H groups in total. The number of hydrogen-bond donors (Lipinski definition) is 2. The molecule has 0 saturated carbocycles. The van der Waals surface area contributed by atoms with Crippen molar-refractivity contribution in [2.45, 2.75) is 26.7 Å². The van der Waals surface area contributed by atoms with Gasteiger partial charge in [-0.2, -0.15) is 5.10 Å². The summed E-state index contributed by atoms with van der Waals surface area (Å²) >= 11 is 0. The number of amides is 1. The van der Waals surface area contributed by atoms with E-state index >= 15 is 0 Å². The van der Waals surface area contributed by atoms with Gasteiger partial charge in [-0.05, 0) is 32.9 Å². The largest absolute Gasteiger partial charge is 0.497 e. The molecule has 1 aromatic carbocycles. The predicted molar refractivity (Wildman–Crippen MR) is 84.7 cm³/mol. The SMILES string of the molecule is COc1ccc(OC)c(NC(=O)C(C)c2c(C)n[nH]c2C)c1. The van der Waals surface area contributed by atoms with Crippen LogP contribution in [0, 0.1) is 13.8 Å². The predicted octanol–water partition coefficient (Wildman–Crippen LogP) is 2.79. The van der Waals surface area contributed by atoms with Gasteiger partial charge in [0.05, 0.1) is 31.5 Å². The number of methoxy groups -OCH3 is 2. The average Bonchev–Trinajstić information content (AvgIpc) is 2.85. The van der Waals surface area contributed by atoms with Crippen LogP contribution in [0.1, 0.15) is 29.8 Å². The number of aryl methyl sites for hydroxylation is 2. The summed E-state index contributed by atoms with van der Waals surface area (Å²) in [6.45, 7) is 5.65. The van der Waals surface area contributed by atoms with E-state index in [-0.39, 0.29) is 11.8 Å². The summed E-state index contributed by atoms with van der Waals surface area (Å²) in [4.78, 5) is 12.5. The average molecular weight is 303 g/mol. The molecule has 0 saturated heterocycles. The van der Waals surface area contributed by atoms with Gasteiger partial charge < -0.3 is 14.8 Å². The van der Waals surface area contributed by atoms with Gasteiger partial charge in [-0.25, -0.2) is 0 Å². The third-order valence-electron chi connectivity index (χ3n) is 3.68. The molecule has 22 heavy (non-hydrogen) atoms. The van der Waals surface area contributed by atoms with E-state index in [9.17, 15) is 4.79 Å². The number of hydrogen-bond acceptors (Lipinski definition) is 4. The van der Waals surface area contributed by atoms with Gasteiger partial charge in [0.25, 0.3) is 0 Å². The van der Waals surface area contributed by atoms with Crippen LogP contribution >= 0.6 is 0 Å². The second-order valence-electron chi connectivity index (χ2n) is 5.12. The van der Waals surface area contributed by atoms with Gasteiger partial charge in [0.15, 0.2) is 0 Å². The summed E-state index contributed by atoms with van der Waals surface area (Å²) < 4.78 is 10.5. The quantitative estimate of drug-likeness (QED) is 0.890. The fraction of sp³-hybridized carbons (Fsp3) is 0.375. The first-order chi connectivity index (χ1) is 10.5. The summed E-state index contributed by atoms with van der Waals surface area (Å²) in [7, 11) is 3.14. The van der Waals surface area contributed by atoms with E-state index < -0.39 is 0 Å². The van der Waals surface area contributed by atoms with Crippen molar-refractivity contribution in [1.82, 2.24) is 10.2 Å². The number of nitrogens with zero attached hydrogens (tertiary/aromatic N) is 1. The third kappa shape index (κ3) is 3.05. The molecule has 6 heteroatoms. The van der Waals surface area contributed by atoms with Gasteiger partial charge in [0, 0.05) is 17.3 Å². The van der Waals surface area contributed by atoms with Crippen LogP contribution in [0.15, 0.2) is 18.2 Å². The van der Waals surface area contributed by atoms with E-state index in [1.807, 2.05) is 20.8 Å². The minimum Gasteiger partial charge on any atom is -0.497 e. The lowest BCUT2D eigenvalue weighted by Gasteiger charge is -2.15. The van der Waals surface area contributed by atoms with Crippen molar-refractivity contribution in [2.24, 2.45) is 0 Å². The smallest absolute Gasteiger partial charge is 0.231 e. The Balaban J connectivity index is 2.25. The number of aromatic amines is 1. The maximum absolute atomic E-state index is 12.5. The zero-order valence-electron chi connectivity index (χ0n) is 13.5. The Labute approximate surface area is 129 Å². The van der Waals surface area contributed by atoms with E-state index in [4.69, 9.17) is 9.47 Å². The molecule has 1 heterocycles. The number of H-pyrrole nitrogens is 1. The highest BCUT2D eigenvalue weighted by atomic mass is 16.5. The second-order valence-corrected chi connectivity index (χ2v) is 5.12. The standard InChI is InChI=1S/C16H21N3O3/c1-9(15-10(2)18-19-11(15)3)16(20)17-13-8-12(21-4)6-7-14(13)22-5/h6-9H,1-5H3,(H,17,20)(H,18,19). The molecule has 0 fully saturated rings. The first-order valence-electron chi connectivity index (χ1n) is 7.02. The van der Waals surface area contributed by atoms with Crippen LogP contribution in [0.4, 0.5) is 5.69 Å². The molecule has 1 amide bonds. The molecule has 0 aliphatic carbocycles. The number of nitrogens with one attached hydrogen (secondary N) is 2. The van der Waals surface area contributed by atoms with Gasteiger partial charge in [-0.15, -0.1) is 0 Å². The molecular formula is C16H21N3O3. The highest BCUT2D eigenvalue weighted by molar-refractivity contribution is 5.97. The van der Waals surface area contributed by atoms with Crippen molar-refractivity contribution in [3.63, 3.8) is 0 Å². The second kappa shape index (κ2) is 6.51. The van der Waals surface area contributed by atoms with E-state index in [0.29, 0.717) is 17.2 Å². The molecule has 1 unspecified atom stereocenters. The zero-order valence-corrected chi connectivity index (χ0v) is 13.5. The van der Waals surface area contributed by atoms with Crippen LogP contribution in [-0.4, -0.2) is 30.3 Å². The van der Waals surface area contributed by atoms with E-state index in [0.717, 1.165) is 17.0 Å². The van der Waals surface area contributed by atoms with Crippen molar-refractivity contribution in [3.8, 4) is 11.5 Å². The van der Waals surface area contributed by atoms with Gasteiger partial charge >= 0.3 is 0 Å². The van der Waals surface area contributed by atoms with Gasteiger partial charge in [0.2, 0.25) is 5.91 Å². The van der Waals surface area contributed by atoms with Crippen LogP contribution in [0.25, 0.3) is 0 Å². The molecule has 6 nitrogen and oxygen atoms in total. The summed E-state index contributed by atoms with van der Waals surface area (Å²) in [6, 6.07) is 5.27. The maximum Gasteiger partial charge on any atom is 0.231 e. The molecule has 0 spiro atoms. The topological polar surface area (TPSA) is 76.2 Å². The fourth-order valence-electron chi connectivity index (χ4n) is 2.48. The Bertz CT molecular complexity index is 660. The van der Waals surface area contributed by atoms with Gasteiger partial charge in [-0.3, -0.25) is 9.89 Å². The molecular weight excluding hydrogens is 282 g/mol. The Hall–Kier alpha value is -2.50. The summed E-state index contributed by atoms with van der Waals surface area (Å²) in [5, 5.41) is 9.93. The van der Waals surface area contributed by atoms with E-state index in [2.05, 4.69) is 15.5 Å². The van der Waals surface area contributed by atoms with Gasteiger partial charge in [0.1, 0.15) is 11.5 Å². The fourth-order valence-corrected chi connectivity index (χ4v) is 2.48. The van der Waals surface area contributed by atoms with Crippen molar-refractivity contribution in [3.05, 3.63) is 35.2 Å². The number of carbonyl (C=O) groups excluding carboxylic acids is 1. The summed E-state index contributed by atoms with van der Waals surface area (Å²) in [6.07, 6.45) is 0. The van der Waals surface area contributed by atoms with Crippen molar-refractivity contribution in [1.29, 1.82) is 0 Å². The molecule has 1 atom stereocenters. The monoisotopic (exact) mass is 303 g/mol. The number of anilines is 1. The van der Waals surface area contributed by atoms with Gasteiger partial charge in [-0.1, -0.05) is 0 Å². The lowest BCUT2D eigenvalue weighted by Crippen LogP contribution is -2.20. The third-order valence-corrected chi connectivity index (χ3v) is 3.68. The Morgan fingerprint density at radius 3 is 2.55 bits per heavy atom. The zero-order chi connectivity index (χ0) is 16.3. The molecule has 0 aliphatic heterocycles. The minimum absolute atomic E-state index is 0.126. The molecule has 1 aromatic heterocycles. The Morgan fingerprint density at radius 2 is 2.00 bits per heavy atom. The Morgan fingerprint density at radius 1 is 1.27 bits per heavy atom. The number of ether oxygens (including phenoxy) is 2. The van der Waals surface area contributed by atoms with Crippen LogP contribution in [0.5, 0.6) is 11.5 Å². The lowest BCUT2D eigenvalue weighted by atomic mass is 9.98. The first kappa shape index (κ1) is 15.9. The number of rotatable bonds is 5. The Kier molecular flexibility index (Phi) is 4.70.